The van der Waals surface area contributed by atoms with Gasteiger partial charge in [0.2, 0.25) is 0 Å². The molecule has 1 aliphatic rings. The third-order valence-electron chi connectivity index (χ3n) is 5.95. The number of epoxide rings is 1. The molecular weight excluding hydrogens is 344 g/mol. The van der Waals surface area contributed by atoms with Gasteiger partial charge in [0, 0.05) is 0 Å². The summed E-state index contributed by atoms with van der Waals surface area (Å²) in [5.74, 6) is 0. The Kier molecular flexibility index (Phi) is 7.63. The molecule has 0 aromatic carbocycles. The predicted octanol–water partition coefficient (Wildman–Crippen LogP) is -0.700. The molecule has 1 aliphatic heterocycles. The van der Waals surface area contributed by atoms with E-state index >= 15 is 0 Å². The average molecular weight is 380 g/mol. The van der Waals surface area contributed by atoms with Crippen LogP contribution in [-0.4, -0.2) is 95.2 Å². The van der Waals surface area contributed by atoms with Crippen molar-refractivity contribution in [1.82, 2.24) is 0 Å². The third kappa shape index (κ3) is 4.56. The molecule has 0 bridgehead atoms. The van der Waals surface area contributed by atoms with Crippen LogP contribution in [-0.2, 0) is 14.2 Å². The van der Waals surface area contributed by atoms with Crippen molar-refractivity contribution in [2.75, 3.05) is 52.9 Å². The van der Waals surface area contributed by atoms with Crippen LogP contribution in [0.4, 0.5) is 0 Å². The van der Waals surface area contributed by atoms with Gasteiger partial charge in [0.25, 0.3) is 0 Å². The second-order valence-corrected chi connectivity index (χ2v) is 8.73. The first-order chi connectivity index (χ1) is 11.9. The third-order valence-corrected chi connectivity index (χ3v) is 5.95. The molecule has 0 radical (unpaired) electrons. The van der Waals surface area contributed by atoms with E-state index in [1.807, 2.05) is 34.6 Å². The fourth-order valence-corrected chi connectivity index (χ4v) is 2.85. The molecule has 0 aromatic rings. The van der Waals surface area contributed by atoms with Crippen molar-refractivity contribution < 1.29 is 39.7 Å². The fourth-order valence-electron chi connectivity index (χ4n) is 2.85. The molecule has 1 heterocycles. The minimum atomic E-state index is -1.17. The van der Waals surface area contributed by atoms with Crippen molar-refractivity contribution in [3.05, 3.63) is 0 Å². The van der Waals surface area contributed by atoms with E-state index in [2.05, 4.69) is 0 Å². The van der Waals surface area contributed by atoms with Gasteiger partial charge < -0.3 is 39.7 Å². The lowest BCUT2D eigenvalue weighted by Crippen LogP contribution is -2.49. The number of aliphatic hydroxyl groups excluding tert-OH is 5. The number of hydrogen-bond donors (Lipinski definition) is 5. The zero-order chi connectivity index (χ0) is 20.3. The molecule has 1 atom stereocenters. The van der Waals surface area contributed by atoms with Crippen molar-refractivity contribution in [3.8, 4) is 0 Å². The van der Waals surface area contributed by atoms with Crippen LogP contribution in [0.1, 0.15) is 34.6 Å². The van der Waals surface area contributed by atoms with Gasteiger partial charge in [-0.05, 0) is 34.6 Å². The van der Waals surface area contributed by atoms with Gasteiger partial charge in [-0.25, -0.2) is 0 Å². The van der Waals surface area contributed by atoms with E-state index in [1.54, 1.807) is 0 Å². The second kappa shape index (κ2) is 8.36. The molecule has 1 saturated heterocycles. The highest BCUT2D eigenvalue weighted by molar-refractivity contribution is 5.16. The van der Waals surface area contributed by atoms with Gasteiger partial charge in [-0.2, -0.15) is 0 Å². The van der Waals surface area contributed by atoms with Gasteiger partial charge in [0.15, 0.2) is 0 Å². The summed E-state index contributed by atoms with van der Waals surface area (Å²) in [6, 6.07) is 0. The Morgan fingerprint density at radius 1 is 0.731 bits per heavy atom. The summed E-state index contributed by atoms with van der Waals surface area (Å²) < 4.78 is 17.3. The summed E-state index contributed by atoms with van der Waals surface area (Å²) in [6.07, 6.45) is 0. The highest BCUT2D eigenvalue weighted by Gasteiger charge is 2.68. The standard InChI is InChI=1S/C18H36O8/c1-14(2,16(5)15(3,4)26-16)25-13-18(9-22,10-23)12-24-11-17(6-19,7-20)8-21/h19-23H,6-13H2,1-5H3. The van der Waals surface area contributed by atoms with Gasteiger partial charge in [0.1, 0.15) is 5.60 Å². The Balaban J connectivity index is 2.69. The summed E-state index contributed by atoms with van der Waals surface area (Å²) in [6.45, 7) is 7.50. The molecular formula is C18H36O8. The highest BCUT2D eigenvalue weighted by Crippen LogP contribution is 2.55. The molecule has 8 heteroatoms. The average Bonchev–Trinajstić information content (AvgIpc) is 3.15. The van der Waals surface area contributed by atoms with E-state index in [0.29, 0.717) is 0 Å². The van der Waals surface area contributed by atoms with Crippen LogP contribution in [0.2, 0.25) is 0 Å². The van der Waals surface area contributed by atoms with Crippen LogP contribution >= 0.6 is 0 Å². The molecule has 8 nitrogen and oxygen atoms in total. The molecule has 0 saturated carbocycles. The monoisotopic (exact) mass is 380 g/mol. The molecule has 0 amide bonds. The van der Waals surface area contributed by atoms with E-state index < -0.39 is 41.9 Å². The van der Waals surface area contributed by atoms with Crippen molar-refractivity contribution in [3.63, 3.8) is 0 Å². The van der Waals surface area contributed by atoms with E-state index in [-0.39, 0.29) is 38.6 Å². The highest BCUT2D eigenvalue weighted by atomic mass is 16.7. The Bertz CT molecular complexity index is 434. The zero-order valence-electron chi connectivity index (χ0n) is 16.6. The largest absolute Gasteiger partial charge is 0.396 e. The first-order valence-corrected chi connectivity index (χ1v) is 8.89. The van der Waals surface area contributed by atoms with Crippen molar-refractivity contribution in [2.24, 2.45) is 10.8 Å². The number of hydrogen-bond acceptors (Lipinski definition) is 8. The fraction of sp³-hybridized carbons (Fsp3) is 1.00. The number of rotatable bonds is 13. The van der Waals surface area contributed by atoms with E-state index in [9.17, 15) is 25.5 Å². The van der Waals surface area contributed by atoms with Crippen molar-refractivity contribution >= 4 is 0 Å². The van der Waals surface area contributed by atoms with Crippen LogP contribution in [0.25, 0.3) is 0 Å². The zero-order valence-corrected chi connectivity index (χ0v) is 16.6. The minimum absolute atomic E-state index is 0.0341. The predicted molar refractivity (Wildman–Crippen MR) is 94.7 cm³/mol. The Morgan fingerprint density at radius 2 is 1.12 bits per heavy atom. The topological polar surface area (TPSA) is 132 Å². The van der Waals surface area contributed by atoms with Gasteiger partial charge in [-0.15, -0.1) is 0 Å². The molecule has 26 heavy (non-hydrogen) atoms. The van der Waals surface area contributed by atoms with Crippen LogP contribution in [0.15, 0.2) is 0 Å². The second-order valence-electron chi connectivity index (χ2n) is 8.73. The molecule has 0 spiro atoms. The summed E-state index contributed by atoms with van der Waals surface area (Å²) in [4.78, 5) is 0. The lowest BCUT2D eigenvalue weighted by molar-refractivity contribution is -0.149. The molecule has 1 rings (SSSR count). The van der Waals surface area contributed by atoms with Crippen LogP contribution < -0.4 is 0 Å². The molecule has 1 unspecified atom stereocenters. The molecule has 0 aromatic heterocycles. The van der Waals surface area contributed by atoms with Gasteiger partial charge >= 0.3 is 0 Å². The number of aliphatic hydroxyl groups is 5. The maximum Gasteiger partial charge on any atom is 0.123 e. The maximum atomic E-state index is 9.80. The van der Waals surface area contributed by atoms with E-state index in [1.165, 1.54) is 0 Å². The summed E-state index contributed by atoms with van der Waals surface area (Å²) >= 11 is 0. The molecule has 156 valence electrons. The van der Waals surface area contributed by atoms with E-state index in [0.717, 1.165) is 0 Å². The number of ether oxygens (including phenoxy) is 3. The lowest BCUT2D eigenvalue weighted by Gasteiger charge is -2.37. The van der Waals surface area contributed by atoms with Crippen LogP contribution in [0.5, 0.6) is 0 Å². The first-order valence-electron chi connectivity index (χ1n) is 8.89. The van der Waals surface area contributed by atoms with Crippen LogP contribution in [0.3, 0.4) is 0 Å². The molecule has 5 N–H and O–H groups in total. The Labute approximate surface area is 155 Å². The first kappa shape index (κ1) is 23.7. The molecule has 0 aliphatic carbocycles. The SMILES string of the molecule is CC(C)(OCC(CO)(CO)COCC(CO)(CO)CO)C1(C)OC1(C)C. The summed E-state index contributed by atoms with van der Waals surface area (Å²) in [7, 11) is 0. The Hall–Kier alpha value is -0.320. The van der Waals surface area contributed by atoms with Crippen LogP contribution in [0, 0.1) is 10.8 Å². The lowest BCUT2D eigenvalue weighted by atomic mass is 9.82. The van der Waals surface area contributed by atoms with Crippen molar-refractivity contribution in [2.45, 2.75) is 51.4 Å². The maximum absolute atomic E-state index is 9.80. The van der Waals surface area contributed by atoms with Crippen molar-refractivity contribution in [1.29, 1.82) is 0 Å². The quantitative estimate of drug-likeness (QED) is 0.265. The molecule has 1 fully saturated rings. The summed E-state index contributed by atoms with van der Waals surface area (Å²) in [5.41, 5.74) is -3.69. The summed E-state index contributed by atoms with van der Waals surface area (Å²) in [5, 5.41) is 47.6. The van der Waals surface area contributed by atoms with Gasteiger partial charge in [0.05, 0.1) is 74.9 Å². The van der Waals surface area contributed by atoms with Gasteiger partial charge in [-0.3, -0.25) is 0 Å². The Morgan fingerprint density at radius 3 is 1.46 bits per heavy atom. The van der Waals surface area contributed by atoms with E-state index in [4.69, 9.17) is 14.2 Å². The minimum Gasteiger partial charge on any atom is -0.396 e. The normalized spacial score (nSPS) is 23.3. The smallest absolute Gasteiger partial charge is 0.123 e. The van der Waals surface area contributed by atoms with Gasteiger partial charge in [-0.1, -0.05) is 0 Å².